The lowest BCUT2D eigenvalue weighted by Crippen LogP contribution is -2.54. The van der Waals surface area contributed by atoms with Crippen molar-refractivity contribution in [1.82, 2.24) is 15.2 Å². The van der Waals surface area contributed by atoms with E-state index in [0.29, 0.717) is 12.1 Å². The van der Waals surface area contributed by atoms with E-state index in [4.69, 9.17) is 0 Å². The third-order valence-electron chi connectivity index (χ3n) is 5.89. The Morgan fingerprint density at radius 3 is 2.72 bits per heavy atom. The van der Waals surface area contributed by atoms with E-state index in [2.05, 4.69) is 15.6 Å². The van der Waals surface area contributed by atoms with Gasteiger partial charge in [0.2, 0.25) is 5.91 Å². The van der Waals surface area contributed by atoms with E-state index in [1.807, 2.05) is 31.4 Å². The average molecular weight is 413 g/mol. The van der Waals surface area contributed by atoms with Crippen molar-refractivity contribution in [2.24, 2.45) is 5.92 Å². The van der Waals surface area contributed by atoms with Crippen LogP contribution in [0.4, 0.5) is 10.5 Å². The number of aromatic nitrogens is 1. The van der Waals surface area contributed by atoms with Gasteiger partial charge in [0.05, 0.1) is 10.7 Å². The van der Waals surface area contributed by atoms with Crippen LogP contribution in [0.15, 0.2) is 29.6 Å². The van der Waals surface area contributed by atoms with Gasteiger partial charge in [0, 0.05) is 16.6 Å². The highest BCUT2D eigenvalue weighted by molar-refractivity contribution is 7.09. The zero-order valence-corrected chi connectivity index (χ0v) is 17.3. The van der Waals surface area contributed by atoms with E-state index in [9.17, 15) is 14.4 Å². The van der Waals surface area contributed by atoms with Crippen LogP contribution in [0.5, 0.6) is 0 Å². The summed E-state index contributed by atoms with van der Waals surface area (Å²) in [7, 11) is 0. The van der Waals surface area contributed by atoms with Crippen LogP contribution in [0, 0.1) is 12.8 Å². The molecule has 1 saturated heterocycles. The van der Waals surface area contributed by atoms with E-state index in [1.165, 1.54) is 0 Å². The monoisotopic (exact) mass is 412 g/mol. The summed E-state index contributed by atoms with van der Waals surface area (Å²) >= 11 is 1.59. The first-order chi connectivity index (χ1) is 13.9. The summed E-state index contributed by atoms with van der Waals surface area (Å²) in [5.74, 6) is -0.604. The highest BCUT2D eigenvalue weighted by Gasteiger charge is 2.55. The first kappa shape index (κ1) is 19.6. The standard InChI is InChI=1S/C21H24N4O3S/c1-13-5-3-4-10-21(13)19(27)25(20(28)24-21)11-18(26)23-16-8-6-15(7-9-16)17-12-29-14(2)22-17/h6-9,12-13H,3-5,10-11H2,1-2H3,(H,23,26)(H,24,28)/t13-,21+/m1/s1. The number of nitrogens with zero attached hydrogens (tertiary/aromatic N) is 2. The minimum absolute atomic E-state index is 0.0719. The fourth-order valence-electron chi connectivity index (χ4n) is 4.20. The van der Waals surface area contributed by atoms with E-state index >= 15 is 0 Å². The number of thiazole rings is 1. The molecule has 1 aliphatic carbocycles. The number of amides is 4. The van der Waals surface area contributed by atoms with Crippen LogP contribution in [-0.4, -0.2) is 39.8 Å². The number of nitrogens with one attached hydrogen (secondary N) is 2. The molecule has 4 rings (SSSR count). The average Bonchev–Trinajstić information content (AvgIpc) is 3.22. The lowest BCUT2D eigenvalue weighted by Gasteiger charge is -2.36. The Morgan fingerprint density at radius 1 is 1.31 bits per heavy atom. The molecule has 2 aliphatic rings. The smallest absolute Gasteiger partial charge is 0.325 e. The summed E-state index contributed by atoms with van der Waals surface area (Å²) in [4.78, 5) is 43.3. The number of hydrogen-bond donors (Lipinski definition) is 2. The molecule has 4 amide bonds. The Morgan fingerprint density at radius 2 is 2.07 bits per heavy atom. The number of urea groups is 1. The molecule has 0 bridgehead atoms. The van der Waals surface area contributed by atoms with Gasteiger partial charge in [-0.2, -0.15) is 0 Å². The first-order valence-electron chi connectivity index (χ1n) is 9.85. The predicted octanol–water partition coefficient (Wildman–Crippen LogP) is 3.56. The van der Waals surface area contributed by atoms with Gasteiger partial charge in [-0.25, -0.2) is 9.78 Å². The van der Waals surface area contributed by atoms with Crippen molar-refractivity contribution in [3.8, 4) is 11.3 Å². The number of hydrogen-bond acceptors (Lipinski definition) is 5. The van der Waals surface area contributed by atoms with Crippen LogP contribution < -0.4 is 10.6 Å². The molecular weight excluding hydrogens is 388 g/mol. The highest BCUT2D eigenvalue weighted by atomic mass is 32.1. The summed E-state index contributed by atoms with van der Waals surface area (Å²) in [6.45, 7) is 3.66. The Balaban J connectivity index is 1.40. The molecule has 2 heterocycles. The molecule has 29 heavy (non-hydrogen) atoms. The molecule has 8 heteroatoms. The molecule has 2 N–H and O–H groups in total. The SMILES string of the molecule is Cc1nc(-c2ccc(NC(=O)CN3C(=O)N[C@]4(CCCC[C@H]4C)C3=O)cc2)cs1. The van der Waals surface area contributed by atoms with Crippen LogP contribution in [0.25, 0.3) is 11.3 Å². The van der Waals surface area contributed by atoms with Gasteiger partial charge < -0.3 is 10.6 Å². The van der Waals surface area contributed by atoms with Crippen molar-refractivity contribution in [2.45, 2.75) is 45.1 Å². The van der Waals surface area contributed by atoms with Crippen LogP contribution in [0.1, 0.15) is 37.6 Å². The van der Waals surface area contributed by atoms with E-state index in [1.54, 1.807) is 23.5 Å². The van der Waals surface area contributed by atoms with Gasteiger partial charge in [-0.1, -0.05) is 31.9 Å². The molecule has 1 aromatic carbocycles. The second-order valence-electron chi connectivity index (χ2n) is 7.82. The van der Waals surface area contributed by atoms with Crippen molar-refractivity contribution in [1.29, 1.82) is 0 Å². The van der Waals surface area contributed by atoms with E-state index in [0.717, 1.165) is 40.4 Å². The molecule has 1 spiro atoms. The van der Waals surface area contributed by atoms with Crippen molar-refractivity contribution in [3.05, 3.63) is 34.7 Å². The fourth-order valence-corrected chi connectivity index (χ4v) is 4.83. The zero-order chi connectivity index (χ0) is 20.6. The fraction of sp³-hybridized carbons (Fsp3) is 0.429. The molecule has 2 fully saturated rings. The largest absolute Gasteiger partial charge is 0.325 e. The molecule has 1 aliphatic heterocycles. The number of carbonyl (C=O) groups excluding carboxylic acids is 3. The number of benzene rings is 1. The summed E-state index contributed by atoms with van der Waals surface area (Å²) in [5.41, 5.74) is 1.63. The minimum Gasteiger partial charge on any atom is -0.325 e. The number of rotatable bonds is 4. The van der Waals surface area contributed by atoms with Crippen molar-refractivity contribution in [3.63, 3.8) is 0 Å². The van der Waals surface area contributed by atoms with Crippen molar-refractivity contribution < 1.29 is 14.4 Å². The Hall–Kier alpha value is -2.74. The lowest BCUT2D eigenvalue weighted by atomic mass is 9.73. The van der Waals surface area contributed by atoms with Crippen molar-refractivity contribution in [2.75, 3.05) is 11.9 Å². The summed E-state index contributed by atoms with van der Waals surface area (Å²) in [6.07, 6.45) is 3.50. The minimum atomic E-state index is -0.844. The molecule has 7 nitrogen and oxygen atoms in total. The summed E-state index contributed by atoms with van der Waals surface area (Å²) < 4.78 is 0. The van der Waals surface area contributed by atoms with Gasteiger partial charge in [0.25, 0.3) is 5.91 Å². The zero-order valence-electron chi connectivity index (χ0n) is 16.5. The predicted molar refractivity (Wildman–Crippen MR) is 112 cm³/mol. The van der Waals surface area contributed by atoms with E-state index in [-0.39, 0.29) is 18.4 Å². The second-order valence-corrected chi connectivity index (χ2v) is 8.88. The number of anilines is 1. The molecule has 2 aromatic rings. The third kappa shape index (κ3) is 3.64. The molecule has 152 valence electrons. The van der Waals surface area contributed by atoms with Gasteiger partial charge in [0.15, 0.2) is 0 Å². The maximum atomic E-state index is 13.0. The maximum absolute atomic E-state index is 13.0. The number of carbonyl (C=O) groups is 3. The van der Waals surface area contributed by atoms with Crippen LogP contribution in [-0.2, 0) is 9.59 Å². The van der Waals surface area contributed by atoms with Crippen LogP contribution >= 0.6 is 11.3 Å². The number of aryl methyl sites for hydroxylation is 1. The topological polar surface area (TPSA) is 91.4 Å². The highest BCUT2D eigenvalue weighted by Crippen LogP contribution is 2.38. The van der Waals surface area contributed by atoms with Crippen LogP contribution in [0.3, 0.4) is 0 Å². The molecule has 2 atom stereocenters. The van der Waals surface area contributed by atoms with Crippen LogP contribution in [0.2, 0.25) is 0 Å². The van der Waals surface area contributed by atoms with E-state index < -0.39 is 17.5 Å². The Kier molecular flexibility index (Phi) is 5.12. The maximum Gasteiger partial charge on any atom is 0.325 e. The summed E-state index contributed by atoms with van der Waals surface area (Å²) in [6, 6.07) is 6.87. The third-order valence-corrected chi connectivity index (χ3v) is 6.66. The second kappa shape index (κ2) is 7.59. The van der Waals surface area contributed by atoms with Crippen molar-refractivity contribution >= 4 is 34.9 Å². The normalized spacial score (nSPS) is 24.1. The number of imide groups is 1. The van der Waals surface area contributed by atoms with Gasteiger partial charge in [-0.05, 0) is 37.8 Å². The van der Waals surface area contributed by atoms with Gasteiger partial charge in [-0.3, -0.25) is 14.5 Å². The van der Waals surface area contributed by atoms with Gasteiger partial charge in [-0.15, -0.1) is 11.3 Å². The first-order valence-corrected chi connectivity index (χ1v) is 10.7. The molecule has 1 aromatic heterocycles. The summed E-state index contributed by atoms with van der Waals surface area (Å²) in [5, 5.41) is 8.62. The molecule has 0 radical (unpaired) electrons. The van der Waals surface area contributed by atoms with Gasteiger partial charge >= 0.3 is 6.03 Å². The lowest BCUT2D eigenvalue weighted by molar-refractivity contribution is -0.136. The molecular formula is C21H24N4O3S. The molecule has 1 saturated carbocycles. The Labute approximate surface area is 173 Å². The Bertz CT molecular complexity index is 955. The van der Waals surface area contributed by atoms with Gasteiger partial charge in [0.1, 0.15) is 12.1 Å². The quantitative estimate of drug-likeness (QED) is 0.751. The molecule has 0 unspecified atom stereocenters.